The molecular weight excluding hydrogens is 306 g/mol. The number of hydrogen-bond acceptors (Lipinski definition) is 3. The number of benzene rings is 1. The molecule has 0 aliphatic heterocycles. The van der Waals surface area contributed by atoms with Gasteiger partial charge in [-0.1, -0.05) is 19.1 Å². The summed E-state index contributed by atoms with van der Waals surface area (Å²) in [6.07, 6.45) is 0.654. The van der Waals surface area contributed by atoms with Crippen molar-refractivity contribution in [2.75, 3.05) is 0 Å². The predicted molar refractivity (Wildman–Crippen MR) is 95.4 cm³/mol. The van der Waals surface area contributed by atoms with Crippen LogP contribution in [-0.4, -0.2) is 20.6 Å². The lowest BCUT2D eigenvalue weighted by Crippen LogP contribution is -2.46. The molecule has 1 aromatic carbocycles. The molecule has 0 spiro atoms. The van der Waals surface area contributed by atoms with Gasteiger partial charge in [-0.25, -0.2) is 4.79 Å². The normalized spacial score (nSPS) is 13.0. The molecule has 1 atom stereocenters. The molecule has 0 aliphatic rings. The molecule has 0 fully saturated rings. The van der Waals surface area contributed by atoms with E-state index in [9.17, 15) is 14.4 Å². The van der Waals surface area contributed by atoms with Crippen LogP contribution in [0, 0.1) is 0 Å². The monoisotopic (exact) mass is 331 g/mol. The Hall–Kier alpha value is -2.37. The molecule has 1 heterocycles. The smallest absolute Gasteiger partial charge is 0.332 e. The third-order valence-electron chi connectivity index (χ3n) is 3.93. The Morgan fingerprint density at radius 3 is 2.42 bits per heavy atom. The second kappa shape index (κ2) is 6.63. The van der Waals surface area contributed by atoms with Crippen molar-refractivity contribution in [2.45, 2.75) is 59.2 Å². The molecule has 0 bridgehead atoms. The number of carbonyl (C=O) groups excluding carboxylic acids is 1. The number of nitrogens with one attached hydrogen (secondary N) is 1. The van der Waals surface area contributed by atoms with Crippen molar-refractivity contribution in [3.63, 3.8) is 0 Å². The van der Waals surface area contributed by atoms with E-state index in [0.29, 0.717) is 17.3 Å². The third-order valence-corrected chi connectivity index (χ3v) is 3.93. The fourth-order valence-corrected chi connectivity index (χ4v) is 2.67. The van der Waals surface area contributed by atoms with E-state index in [1.165, 1.54) is 9.13 Å². The molecule has 1 N–H and O–H groups in total. The molecule has 2 aromatic rings. The van der Waals surface area contributed by atoms with Crippen molar-refractivity contribution >= 4 is 16.8 Å². The average Bonchev–Trinajstić information content (AvgIpc) is 2.49. The maximum atomic E-state index is 12.9. The van der Waals surface area contributed by atoms with Crippen molar-refractivity contribution < 1.29 is 4.79 Å². The van der Waals surface area contributed by atoms with E-state index in [0.717, 1.165) is 0 Å². The molecule has 6 nitrogen and oxygen atoms in total. The first-order valence-electron chi connectivity index (χ1n) is 8.20. The van der Waals surface area contributed by atoms with Gasteiger partial charge in [0.25, 0.3) is 5.56 Å². The van der Waals surface area contributed by atoms with Gasteiger partial charge in [0.2, 0.25) is 5.91 Å². The lowest BCUT2D eigenvalue weighted by Gasteiger charge is -2.22. The van der Waals surface area contributed by atoms with E-state index in [2.05, 4.69) is 5.32 Å². The van der Waals surface area contributed by atoms with Crippen LogP contribution >= 0.6 is 0 Å². The molecule has 6 heteroatoms. The quantitative estimate of drug-likeness (QED) is 0.932. The predicted octanol–water partition coefficient (Wildman–Crippen LogP) is 2.05. The summed E-state index contributed by atoms with van der Waals surface area (Å²) >= 11 is 0. The molecule has 24 heavy (non-hydrogen) atoms. The summed E-state index contributed by atoms with van der Waals surface area (Å²) in [7, 11) is 0. The highest BCUT2D eigenvalue weighted by molar-refractivity contribution is 5.81. The first-order chi connectivity index (χ1) is 11.2. The Morgan fingerprint density at radius 2 is 1.83 bits per heavy atom. The molecule has 130 valence electrons. The van der Waals surface area contributed by atoms with Crippen molar-refractivity contribution in [1.82, 2.24) is 14.5 Å². The zero-order chi connectivity index (χ0) is 18.1. The summed E-state index contributed by atoms with van der Waals surface area (Å²) < 4.78 is 2.62. The number of fused-ring (bicyclic) bond motifs is 1. The van der Waals surface area contributed by atoms with Gasteiger partial charge in [-0.05, 0) is 46.2 Å². The number of para-hydroxylation sites is 1. The Balaban J connectivity index is 2.66. The topological polar surface area (TPSA) is 73.1 Å². The molecule has 1 amide bonds. The fraction of sp³-hybridized carbons (Fsp3) is 0.500. The van der Waals surface area contributed by atoms with Gasteiger partial charge in [-0.3, -0.25) is 18.7 Å². The molecule has 1 unspecified atom stereocenters. The molecular formula is C18H25N3O3. The standard InChI is InChI=1S/C18H25N3O3/c1-6-12(2)21-16(23)13-9-7-8-10-14(13)20(17(21)24)11-15(22)19-18(3,4)5/h7-10,12H,6,11H2,1-5H3,(H,19,22). The van der Waals surface area contributed by atoms with Crippen molar-refractivity contribution in [2.24, 2.45) is 0 Å². The lowest BCUT2D eigenvalue weighted by molar-refractivity contribution is -0.123. The van der Waals surface area contributed by atoms with Crippen molar-refractivity contribution in [3.05, 3.63) is 45.1 Å². The van der Waals surface area contributed by atoms with Gasteiger partial charge in [0.05, 0.1) is 10.9 Å². The largest absolute Gasteiger partial charge is 0.350 e. The second-order valence-corrected chi connectivity index (χ2v) is 7.12. The summed E-state index contributed by atoms with van der Waals surface area (Å²) in [5, 5.41) is 3.30. The average molecular weight is 331 g/mol. The summed E-state index contributed by atoms with van der Waals surface area (Å²) in [5.41, 5.74) is -0.660. The van der Waals surface area contributed by atoms with E-state index >= 15 is 0 Å². The molecule has 0 saturated heterocycles. The van der Waals surface area contributed by atoms with Crippen LogP contribution < -0.4 is 16.6 Å². The maximum absolute atomic E-state index is 12.9. The Bertz CT molecular complexity index is 872. The third kappa shape index (κ3) is 3.58. The van der Waals surface area contributed by atoms with Crippen LogP contribution in [0.3, 0.4) is 0 Å². The van der Waals surface area contributed by atoms with E-state index in [1.54, 1.807) is 24.3 Å². The van der Waals surface area contributed by atoms with Gasteiger partial charge in [0.1, 0.15) is 6.54 Å². The van der Waals surface area contributed by atoms with E-state index in [1.807, 2.05) is 34.6 Å². The molecule has 2 rings (SSSR count). The number of aromatic nitrogens is 2. The second-order valence-electron chi connectivity index (χ2n) is 7.12. The van der Waals surface area contributed by atoms with Crippen LogP contribution in [-0.2, 0) is 11.3 Å². The molecule has 0 aliphatic carbocycles. The summed E-state index contributed by atoms with van der Waals surface area (Å²) in [6.45, 7) is 9.27. The first kappa shape index (κ1) is 18.0. The first-order valence-corrected chi connectivity index (χ1v) is 8.20. The zero-order valence-electron chi connectivity index (χ0n) is 14.9. The van der Waals surface area contributed by atoms with Crippen LogP contribution in [0.2, 0.25) is 0 Å². The van der Waals surface area contributed by atoms with Gasteiger partial charge in [0, 0.05) is 11.6 Å². The van der Waals surface area contributed by atoms with Crippen LogP contribution in [0.1, 0.15) is 47.1 Å². The van der Waals surface area contributed by atoms with Gasteiger partial charge in [0.15, 0.2) is 0 Å². The summed E-state index contributed by atoms with van der Waals surface area (Å²) in [4.78, 5) is 37.8. The van der Waals surface area contributed by atoms with Crippen LogP contribution in [0.4, 0.5) is 0 Å². The summed E-state index contributed by atoms with van der Waals surface area (Å²) in [6, 6.07) is 6.67. The van der Waals surface area contributed by atoms with E-state index in [-0.39, 0.29) is 29.6 Å². The number of amides is 1. The number of carbonyl (C=O) groups is 1. The minimum absolute atomic E-state index is 0.118. The minimum atomic E-state index is -0.447. The van der Waals surface area contributed by atoms with E-state index in [4.69, 9.17) is 0 Å². The Morgan fingerprint density at radius 1 is 1.21 bits per heavy atom. The lowest BCUT2D eigenvalue weighted by atomic mass is 10.1. The highest BCUT2D eigenvalue weighted by Gasteiger charge is 2.19. The van der Waals surface area contributed by atoms with Gasteiger partial charge in [-0.2, -0.15) is 0 Å². The highest BCUT2D eigenvalue weighted by atomic mass is 16.2. The van der Waals surface area contributed by atoms with Crippen molar-refractivity contribution in [3.8, 4) is 0 Å². The fourth-order valence-electron chi connectivity index (χ4n) is 2.67. The van der Waals surface area contributed by atoms with Crippen LogP contribution in [0.25, 0.3) is 10.9 Å². The summed E-state index contributed by atoms with van der Waals surface area (Å²) in [5.74, 6) is -0.260. The number of hydrogen-bond donors (Lipinski definition) is 1. The van der Waals surface area contributed by atoms with Gasteiger partial charge >= 0.3 is 5.69 Å². The highest BCUT2D eigenvalue weighted by Crippen LogP contribution is 2.11. The van der Waals surface area contributed by atoms with Crippen LogP contribution in [0.15, 0.2) is 33.9 Å². The maximum Gasteiger partial charge on any atom is 0.332 e. The molecule has 1 aromatic heterocycles. The van der Waals surface area contributed by atoms with Gasteiger partial charge in [-0.15, -0.1) is 0 Å². The van der Waals surface area contributed by atoms with Gasteiger partial charge < -0.3 is 5.32 Å². The SMILES string of the molecule is CCC(C)n1c(=O)c2ccccc2n(CC(=O)NC(C)(C)C)c1=O. The van der Waals surface area contributed by atoms with E-state index < -0.39 is 5.69 Å². The Kier molecular flexibility index (Phi) is 4.96. The molecule has 0 saturated carbocycles. The Labute approximate surface area is 141 Å². The number of rotatable bonds is 4. The van der Waals surface area contributed by atoms with Crippen LogP contribution in [0.5, 0.6) is 0 Å². The van der Waals surface area contributed by atoms with Crippen molar-refractivity contribution in [1.29, 1.82) is 0 Å². The minimum Gasteiger partial charge on any atom is -0.350 e. The molecule has 0 radical (unpaired) electrons. The zero-order valence-corrected chi connectivity index (χ0v) is 14.9. The number of nitrogens with zero attached hydrogens (tertiary/aromatic N) is 2.